The highest BCUT2D eigenvalue weighted by atomic mass is 32.2. The highest BCUT2D eigenvalue weighted by Crippen LogP contribution is 2.27. The number of para-hydroxylation sites is 2. The first-order chi connectivity index (χ1) is 9.56. The topological polar surface area (TPSA) is 72.2 Å². The molecule has 2 aromatic rings. The van der Waals surface area contributed by atoms with Gasteiger partial charge in [-0.1, -0.05) is 24.3 Å². The Bertz CT molecular complexity index is 658. The van der Waals surface area contributed by atoms with E-state index in [1.165, 1.54) is 6.07 Å². The molecule has 0 aliphatic heterocycles. The monoisotopic (exact) mass is 290 g/mol. The summed E-state index contributed by atoms with van der Waals surface area (Å²) in [5.74, 6) is 0.465. The lowest BCUT2D eigenvalue weighted by atomic mass is 10.2. The second kappa shape index (κ2) is 6.29. The third-order valence-electron chi connectivity index (χ3n) is 2.68. The van der Waals surface area contributed by atoms with Crippen LogP contribution in [0.2, 0.25) is 0 Å². The van der Waals surface area contributed by atoms with Crippen molar-refractivity contribution in [3.63, 3.8) is 0 Å². The van der Waals surface area contributed by atoms with Gasteiger partial charge < -0.3 is 5.32 Å². The van der Waals surface area contributed by atoms with Crippen molar-refractivity contribution in [1.82, 2.24) is 0 Å². The highest BCUT2D eigenvalue weighted by molar-refractivity contribution is 7.83. The molecule has 0 amide bonds. The smallest absolute Gasteiger partial charge is 0.292 e. The van der Waals surface area contributed by atoms with Crippen LogP contribution in [0.1, 0.15) is 5.56 Å². The van der Waals surface area contributed by atoms with Crippen LogP contribution in [0.3, 0.4) is 0 Å². The standard InChI is InChI=1S/C14H14N2O3S/c1-20(19)10-11-5-4-6-12(9-11)15-13-7-2-3-8-14(13)16(17)18/h2-9,15H,10H2,1H3. The molecule has 0 heterocycles. The Morgan fingerprint density at radius 1 is 1.20 bits per heavy atom. The largest absolute Gasteiger partial charge is 0.350 e. The van der Waals surface area contributed by atoms with Crippen molar-refractivity contribution in [2.45, 2.75) is 5.75 Å². The van der Waals surface area contributed by atoms with Crippen LogP contribution < -0.4 is 5.32 Å². The van der Waals surface area contributed by atoms with Gasteiger partial charge in [0.1, 0.15) is 5.69 Å². The van der Waals surface area contributed by atoms with Crippen molar-refractivity contribution in [2.75, 3.05) is 11.6 Å². The zero-order valence-corrected chi connectivity index (χ0v) is 11.7. The van der Waals surface area contributed by atoms with Gasteiger partial charge in [-0.25, -0.2) is 0 Å². The summed E-state index contributed by atoms with van der Waals surface area (Å²) in [5.41, 5.74) is 2.13. The van der Waals surface area contributed by atoms with Crippen molar-refractivity contribution in [3.05, 3.63) is 64.2 Å². The fraction of sp³-hybridized carbons (Fsp3) is 0.143. The summed E-state index contributed by atoms with van der Waals surface area (Å²) in [6.45, 7) is 0. The molecule has 0 saturated carbocycles. The summed E-state index contributed by atoms with van der Waals surface area (Å²) in [5, 5.41) is 14.0. The van der Waals surface area contributed by atoms with Crippen LogP contribution >= 0.6 is 0 Å². The van der Waals surface area contributed by atoms with Gasteiger partial charge in [-0.2, -0.15) is 0 Å². The van der Waals surface area contributed by atoms with Crippen molar-refractivity contribution in [1.29, 1.82) is 0 Å². The summed E-state index contributed by atoms with van der Waals surface area (Å²) >= 11 is 0. The van der Waals surface area contributed by atoms with E-state index >= 15 is 0 Å². The molecule has 1 unspecified atom stereocenters. The SMILES string of the molecule is CS(=O)Cc1cccc(Nc2ccccc2[N+](=O)[O-])c1. The normalized spacial score (nSPS) is 11.8. The predicted octanol–water partition coefficient (Wildman–Crippen LogP) is 3.22. The van der Waals surface area contributed by atoms with Gasteiger partial charge in [0.25, 0.3) is 5.69 Å². The van der Waals surface area contributed by atoms with Gasteiger partial charge in [0.2, 0.25) is 0 Å². The molecule has 0 saturated heterocycles. The third-order valence-corrected chi connectivity index (χ3v) is 3.42. The van der Waals surface area contributed by atoms with E-state index in [0.29, 0.717) is 11.4 Å². The van der Waals surface area contributed by atoms with E-state index < -0.39 is 15.7 Å². The molecule has 104 valence electrons. The molecule has 0 radical (unpaired) electrons. The molecule has 0 spiro atoms. The summed E-state index contributed by atoms with van der Waals surface area (Å²) in [6.07, 6.45) is 1.64. The van der Waals surface area contributed by atoms with Gasteiger partial charge in [0.15, 0.2) is 0 Å². The number of nitrogens with one attached hydrogen (secondary N) is 1. The fourth-order valence-electron chi connectivity index (χ4n) is 1.87. The van der Waals surface area contributed by atoms with Gasteiger partial charge in [-0.3, -0.25) is 14.3 Å². The zero-order valence-electron chi connectivity index (χ0n) is 10.9. The Kier molecular flexibility index (Phi) is 4.47. The molecular weight excluding hydrogens is 276 g/mol. The maximum absolute atomic E-state index is 11.2. The van der Waals surface area contributed by atoms with Gasteiger partial charge >= 0.3 is 0 Å². The number of rotatable bonds is 5. The average molecular weight is 290 g/mol. The number of hydrogen-bond donors (Lipinski definition) is 1. The van der Waals surface area contributed by atoms with Crippen molar-refractivity contribution < 1.29 is 9.13 Å². The summed E-state index contributed by atoms with van der Waals surface area (Å²) in [6, 6.07) is 13.8. The molecule has 2 aromatic carbocycles. The van der Waals surface area contributed by atoms with Crippen LogP contribution in [0, 0.1) is 10.1 Å². The Hall–Kier alpha value is -2.21. The van der Waals surface area contributed by atoms with Crippen LogP contribution in [-0.2, 0) is 16.6 Å². The lowest BCUT2D eigenvalue weighted by molar-refractivity contribution is -0.383. The number of benzene rings is 2. The minimum atomic E-state index is -0.919. The fourth-order valence-corrected chi connectivity index (χ4v) is 2.52. The maximum Gasteiger partial charge on any atom is 0.292 e. The lowest BCUT2D eigenvalue weighted by Gasteiger charge is -2.08. The van der Waals surface area contributed by atoms with E-state index in [-0.39, 0.29) is 5.69 Å². The first-order valence-corrected chi connectivity index (χ1v) is 7.68. The second-order valence-electron chi connectivity index (χ2n) is 4.32. The van der Waals surface area contributed by atoms with Gasteiger partial charge in [-0.15, -0.1) is 0 Å². The van der Waals surface area contributed by atoms with Crippen molar-refractivity contribution in [3.8, 4) is 0 Å². The average Bonchev–Trinajstić information content (AvgIpc) is 2.38. The third kappa shape index (κ3) is 3.64. The van der Waals surface area contributed by atoms with E-state index in [0.717, 1.165) is 11.3 Å². The number of nitro benzene ring substituents is 1. The van der Waals surface area contributed by atoms with Crippen LogP contribution in [-0.4, -0.2) is 15.4 Å². The molecule has 1 atom stereocenters. The van der Waals surface area contributed by atoms with E-state index in [9.17, 15) is 14.3 Å². The molecule has 6 heteroatoms. The van der Waals surface area contributed by atoms with Crippen molar-refractivity contribution >= 4 is 27.9 Å². The minimum Gasteiger partial charge on any atom is -0.350 e. The molecule has 0 aliphatic rings. The maximum atomic E-state index is 11.2. The van der Waals surface area contributed by atoms with Gasteiger partial charge in [0, 0.05) is 34.6 Å². The van der Waals surface area contributed by atoms with E-state index in [4.69, 9.17) is 0 Å². The number of nitrogens with zero attached hydrogens (tertiary/aromatic N) is 1. The molecule has 0 aromatic heterocycles. The molecule has 5 nitrogen and oxygen atoms in total. The summed E-state index contributed by atoms with van der Waals surface area (Å²) in [4.78, 5) is 10.5. The van der Waals surface area contributed by atoms with Gasteiger partial charge in [0.05, 0.1) is 4.92 Å². The van der Waals surface area contributed by atoms with Crippen LogP contribution in [0.25, 0.3) is 0 Å². The van der Waals surface area contributed by atoms with Crippen molar-refractivity contribution in [2.24, 2.45) is 0 Å². The quantitative estimate of drug-likeness (QED) is 0.678. The first-order valence-electron chi connectivity index (χ1n) is 5.95. The summed E-state index contributed by atoms with van der Waals surface area (Å²) < 4.78 is 11.2. The Balaban J connectivity index is 2.26. The number of hydrogen-bond acceptors (Lipinski definition) is 4. The molecule has 1 N–H and O–H groups in total. The Labute approximate surface area is 119 Å². The molecule has 0 bridgehead atoms. The number of anilines is 2. The molecule has 20 heavy (non-hydrogen) atoms. The zero-order chi connectivity index (χ0) is 14.5. The van der Waals surface area contributed by atoms with Crippen LogP contribution in [0.15, 0.2) is 48.5 Å². The molecule has 0 aliphatic carbocycles. The van der Waals surface area contributed by atoms with E-state index in [2.05, 4.69) is 5.32 Å². The Morgan fingerprint density at radius 2 is 1.95 bits per heavy atom. The van der Waals surface area contributed by atoms with Gasteiger partial charge in [-0.05, 0) is 23.8 Å². The lowest BCUT2D eigenvalue weighted by Crippen LogP contribution is -1.98. The minimum absolute atomic E-state index is 0.0250. The predicted molar refractivity (Wildman–Crippen MR) is 80.6 cm³/mol. The molecule has 2 rings (SSSR count). The van der Waals surface area contributed by atoms with Crippen LogP contribution in [0.5, 0.6) is 0 Å². The second-order valence-corrected chi connectivity index (χ2v) is 5.75. The molecular formula is C14H14N2O3S. The first kappa shape index (κ1) is 14.2. The number of nitro groups is 1. The Morgan fingerprint density at radius 3 is 2.65 bits per heavy atom. The highest BCUT2D eigenvalue weighted by Gasteiger charge is 2.12. The van der Waals surface area contributed by atoms with E-state index in [1.54, 1.807) is 24.5 Å². The van der Waals surface area contributed by atoms with Crippen LogP contribution in [0.4, 0.5) is 17.1 Å². The molecule has 0 fully saturated rings. The van der Waals surface area contributed by atoms with E-state index in [1.807, 2.05) is 24.3 Å². The summed E-state index contributed by atoms with van der Waals surface area (Å²) in [7, 11) is -0.919.